The van der Waals surface area contributed by atoms with E-state index in [1.54, 1.807) is 0 Å². The second-order valence-electron chi connectivity index (χ2n) is 5.25. The lowest BCUT2D eigenvalue weighted by molar-refractivity contribution is 0.508. The Morgan fingerprint density at radius 1 is 1.08 bits per heavy atom. The third kappa shape index (κ3) is 5.70. The summed E-state index contributed by atoms with van der Waals surface area (Å²) in [5, 5.41) is 0. The van der Waals surface area contributed by atoms with Crippen molar-refractivity contribution in [2.75, 3.05) is 5.75 Å². The molecule has 0 saturated heterocycles. The smallest absolute Gasteiger partial charge is 0.0151 e. The van der Waals surface area contributed by atoms with Crippen molar-refractivity contribution in [3.63, 3.8) is 0 Å². The first-order chi connectivity index (χ1) is 5.13. The van der Waals surface area contributed by atoms with Crippen molar-refractivity contribution in [2.24, 2.45) is 5.41 Å². The van der Waals surface area contributed by atoms with E-state index in [4.69, 9.17) is 0 Å². The molecule has 0 unspecified atom stereocenters. The predicted molar refractivity (Wildman–Crippen MR) is 60.8 cm³/mol. The van der Waals surface area contributed by atoms with Gasteiger partial charge in [0.1, 0.15) is 0 Å². The molecule has 0 aromatic rings. The molecule has 0 amide bonds. The highest BCUT2D eigenvalue weighted by Gasteiger charge is 2.18. The van der Waals surface area contributed by atoms with Gasteiger partial charge in [0.25, 0.3) is 0 Å². The summed E-state index contributed by atoms with van der Waals surface area (Å²) in [5.41, 5.74) is 1.60. The number of hydrogen-bond acceptors (Lipinski definition) is 1. The van der Waals surface area contributed by atoms with Crippen LogP contribution in [0.3, 0.4) is 0 Å². The molecule has 0 aliphatic carbocycles. The molecule has 1 heteroatoms. The maximum atomic E-state index is 4.11. The highest BCUT2D eigenvalue weighted by Crippen LogP contribution is 2.31. The molecule has 0 aliphatic heterocycles. The monoisotopic (exact) mass is 186 g/mol. The van der Waals surface area contributed by atoms with Gasteiger partial charge in [0.05, 0.1) is 0 Å². The molecule has 0 saturated carbocycles. The molecule has 0 aromatic carbocycles. The molecule has 0 rings (SSSR count). The largest absolute Gasteiger partial charge is 0.152 e. The van der Waals surface area contributed by atoms with Crippen molar-refractivity contribution < 1.29 is 0 Å². The van der Waals surface area contributed by atoms with Crippen LogP contribution in [0.25, 0.3) is 0 Å². The van der Waals surface area contributed by atoms with Crippen LogP contribution in [0.4, 0.5) is 0 Å². The maximum absolute atomic E-state index is 4.11. The minimum absolute atomic E-state index is 0.262. The molecule has 0 bridgehead atoms. The van der Waals surface area contributed by atoms with Gasteiger partial charge in [-0.05, 0) is 5.41 Å². The van der Waals surface area contributed by atoms with E-state index in [-0.39, 0.29) is 5.41 Å². The summed E-state index contributed by atoms with van der Waals surface area (Å²) >= 11 is 1.97. The van der Waals surface area contributed by atoms with E-state index in [1.165, 1.54) is 5.57 Å². The molecule has 0 heterocycles. The van der Waals surface area contributed by atoms with Crippen LogP contribution in [-0.4, -0.2) is 10.5 Å². The van der Waals surface area contributed by atoms with Crippen LogP contribution >= 0.6 is 11.8 Å². The third-order valence-corrected chi connectivity index (χ3v) is 3.10. The molecular weight excluding hydrogens is 164 g/mol. The molecule has 72 valence electrons. The Labute approximate surface area is 81.8 Å². The number of thioether (sulfide) groups is 1. The molecule has 0 spiro atoms. The average Bonchev–Trinajstić information content (AvgIpc) is 1.78. The summed E-state index contributed by atoms with van der Waals surface area (Å²) in [6.07, 6.45) is 0. The van der Waals surface area contributed by atoms with Gasteiger partial charge in [-0.25, -0.2) is 0 Å². The van der Waals surface area contributed by atoms with Crippen LogP contribution < -0.4 is 0 Å². The summed E-state index contributed by atoms with van der Waals surface area (Å²) in [5.74, 6) is 1.08. The summed E-state index contributed by atoms with van der Waals surface area (Å²) in [7, 11) is 0. The van der Waals surface area contributed by atoms with E-state index in [2.05, 4.69) is 48.1 Å². The van der Waals surface area contributed by atoms with Crippen LogP contribution in [0.15, 0.2) is 12.2 Å². The van der Waals surface area contributed by atoms with Crippen molar-refractivity contribution >= 4 is 11.8 Å². The van der Waals surface area contributed by atoms with E-state index in [0.29, 0.717) is 4.75 Å². The third-order valence-electron chi connectivity index (χ3n) is 1.74. The molecule has 0 radical (unpaired) electrons. The first kappa shape index (κ1) is 12.1. The van der Waals surface area contributed by atoms with Gasteiger partial charge < -0.3 is 0 Å². The molecular formula is C11H22S. The molecule has 12 heavy (non-hydrogen) atoms. The van der Waals surface area contributed by atoms with Gasteiger partial charge in [0, 0.05) is 10.5 Å². The van der Waals surface area contributed by atoms with E-state index in [0.717, 1.165) is 5.75 Å². The fourth-order valence-corrected chi connectivity index (χ4v) is 1.56. The zero-order chi connectivity index (χ0) is 9.99. The summed E-state index contributed by atoms with van der Waals surface area (Å²) < 4.78 is 0.355. The minimum atomic E-state index is 0.262. The van der Waals surface area contributed by atoms with Gasteiger partial charge in [-0.15, -0.1) is 0 Å². The Morgan fingerprint density at radius 2 is 1.50 bits per heavy atom. The number of rotatable bonds is 2. The summed E-state index contributed by atoms with van der Waals surface area (Å²) in [4.78, 5) is 0. The van der Waals surface area contributed by atoms with E-state index >= 15 is 0 Å². The Hall–Kier alpha value is 0.0900. The Morgan fingerprint density at radius 3 is 1.75 bits per heavy atom. The Bertz CT molecular complexity index is 155. The lowest BCUT2D eigenvalue weighted by Crippen LogP contribution is -2.15. The van der Waals surface area contributed by atoms with E-state index < -0.39 is 0 Å². The number of hydrogen-bond donors (Lipinski definition) is 0. The van der Waals surface area contributed by atoms with Crippen LogP contribution in [0.1, 0.15) is 41.5 Å². The highest BCUT2D eigenvalue weighted by atomic mass is 32.2. The van der Waals surface area contributed by atoms with Crippen molar-refractivity contribution in [3.05, 3.63) is 12.2 Å². The quantitative estimate of drug-likeness (QED) is 0.585. The van der Waals surface area contributed by atoms with Gasteiger partial charge in [-0.1, -0.05) is 53.7 Å². The van der Waals surface area contributed by atoms with Crippen molar-refractivity contribution in [1.82, 2.24) is 0 Å². The normalized spacial score (nSPS) is 13.2. The van der Waals surface area contributed by atoms with Crippen LogP contribution in [0.5, 0.6) is 0 Å². The molecule has 0 aromatic heterocycles. The summed E-state index contributed by atoms with van der Waals surface area (Å²) in [6.45, 7) is 17.5. The SMILES string of the molecule is C=C(CSC(C)(C)C)C(C)(C)C. The van der Waals surface area contributed by atoms with Crippen molar-refractivity contribution in [1.29, 1.82) is 0 Å². The van der Waals surface area contributed by atoms with Crippen LogP contribution in [0.2, 0.25) is 0 Å². The highest BCUT2D eigenvalue weighted by molar-refractivity contribution is 8.00. The molecule has 0 N–H and O–H groups in total. The standard InChI is InChI=1S/C11H22S/c1-9(10(2,3)4)8-12-11(5,6)7/h1,8H2,2-7H3. The minimum Gasteiger partial charge on any atom is -0.152 e. The Balaban J connectivity index is 3.90. The molecule has 0 atom stereocenters. The van der Waals surface area contributed by atoms with Gasteiger partial charge >= 0.3 is 0 Å². The Kier molecular flexibility index (Phi) is 3.89. The lowest BCUT2D eigenvalue weighted by Gasteiger charge is -2.25. The van der Waals surface area contributed by atoms with E-state index in [9.17, 15) is 0 Å². The van der Waals surface area contributed by atoms with E-state index in [1.807, 2.05) is 11.8 Å². The zero-order valence-corrected chi connectivity index (χ0v) is 10.1. The zero-order valence-electron chi connectivity index (χ0n) is 9.32. The second-order valence-corrected chi connectivity index (χ2v) is 7.06. The first-order valence-electron chi connectivity index (χ1n) is 4.45. The van der Waals surface area contributed by atoms with Crippen LogP contribution in [0, 0.1) is 5.41 Å². The topological polar surface area (TPSA) is 0 Å². The van der Waals surface area contributed by atoms with Crippen molar-refractivity contribution in [3.8, 4) is 0 Å². The fourth-order valence-electron chi connectivity index (χ4n) is 0.520. The lowest BCUT2D eigenvalue weighted by atomic mass is 9.89. The van der Waals surface area contributed by atoms with Gasteiger partial charge in [0.15, 0.2) is 0 Å². The average molecular weight is 186 g/mol. The molecule has 0 nitrogen and oxygen atoms in total. The molecule has 0 fully saturated rings. The van der Waals surface area contributed by atoms with Gasteiger partial charge in [-0.2, -0.15) is 11.8 Å². The maximum Gasteiger partial charge on any atom is 0.0151 e. The fraction of sp³-hybridized carbons (Fsp3) is 0.818. The summed E-state index contributed by atoms with van der Waals surface area (Å²) in [6, 6.07) is 0. The molecule has 0 aliphatic rings. The van der Waals surface area contributed by atoms with Gasteiger partial charge in [0.2, 0.25) is 0 Å². The van der Waals surface area contributed by atoms with Crippen LogP contribution in [-0.2, 0) is 0 Å². The first-order valence-corrected chi connectivity index (χ1v) is 5.44. The van der Waals surface area contributed by atoms with Gasteiger partial charge in [-0.3, -0.25) is 0 Å². The second kappa shape index (κ2) is 3.87. The van der Waals surface area contributed by atoms with Crippen molar-refractivity contribution in [2.45, 2.75) is 46.3 Å². The predicted octanol–water partition coefficient (Wildman–Crippen LogP) is 4.12.